The van der Waals surface area contributed by atoms with Crippen molar-refractivity contribution >= 4 is 11.7 Å². The van der Waals surface area contributed by atoms with Crippen molar-refractivity contribution in [3.8, 4) is 0 Å². The highest BCUT2D eigenvalue weighted by molar-refractivity contribution is 5.74. The van der Waals surface area contributed by atoms with E-state index >= 15 is 0 Å². The molecule has 0 aliphatic carbocycles. The fourth-order valence-corrected chi connectivity index (χ4v) is 2.36. The Hall–Kier alpha value is -1.71. The molecular weight excluding hydrogens is 238 g/mol. The van der Waals surface area contributed by atoms with Gasteiger partial charge in [-0.15, -0.1) is 0 Å². The number of anilines is 1. The summed E-state index contributed by atoms with van der Waals surface area (Å²) < 4.78 is 0. The highest BCUT2D eigenvalue weighted by Crippen LogP contribution is 2.18. The predicted molar refractivity (Wildman–Crippen MR) is 77.8 cm³/mol. The minimum absolute atomic E-state index is 0.00690. The number of nitrogens with zero attached hydrogens (tertiary/aromatic N) is 1. The van der Waals surface area contributed by atoms with Crippen molar-refractivity contribution in [2.75, 3.05) is 18.8 Å². The first kappa shape index (κ1) is 13.7. The van der Waals surface area contributed by atoms with Gasteiger partial charge < -0.3 is 16.0 Å². The Labute approximate surface area is 115 Å². The number of hydrogen-bond donors (Lipinski definition) is 2. The molecule has 1 unspecified atom stereocenters. The van der Waals surface area contributed by atoms with E-state index in [0.717, 1.165) is 43.1 Å². The van der Waals surface area contributed by atoms with E-state index in [4.69, 9.17) is 5.73 Å². The first-order chi connectivity index (χ1) is 9.06. The number of urea groups is 1. The number of nitrogens with one attached hydrogen (secondary N) is 1. The maximum absolute atomic E-state index is 12.1. The van der Waals surface area contributed by atoms with Crippen LogP contribution in [0.15, 0.2) is 24.3 Å². The van der Waals surface area contributed by atoms with E-state index in [9.17, 15) is 4.79 Å². The topological polar surface area (TPSA) is 58.4 Å². The van der Waals surface area contributed by atoms with Gasteiger partial charge in [-0.3, -0.25) is 0 Å². The number of carbonyl (C=O) groups is 1. The average Bonchev–Trinajstić information content (AvgIpc) is 2.40. The van der Waals surface area contributed by atoms with Crippen LogP contribution in [0.5, 0.6) is 0 Å². The van der Waals surface area contributed by atoms with Crippen LogP contribution in [0.1, 0.15) is 38.3 Å². The number of hydrogen-bond acceptors (Lipinski definition) is 2. The van der Waals surface area contributed by atoms with Crippen molar-refractivity contribution < 1.29 is 4.79 Å². The molecule has 1 aromatic carbocycles. The molecule has 1 aliphatic rings. The van der Waals surface area contributed by atoms with Gasteiger partial charge in [-0.05, 0) is 43.4 Å². The first-order valence-corrected chi connectivity index (χ1v) is 6.97. The zero-order valence-corrected chi connectivity index (χ0v) is 11.7. The minimum Gasteiger partial charge on any atom is -0.399 e. The molecule has 1 fully saturated rings. The number of rotatable bonds is 2. The Balaban J connectivity index is 1.89. The predicted octanol–water partition coefficient (Wildman–Crippen LogP) is 2.77. The van der Waals surface area contributed by atoms with Gasteiger partial charge in [0, 0.05) is 18.8 Å². The van der Waals surface area contributed by atoms with Gasteiger partial charge in [-0.25, -0.2) is 4.79 Å². The van der Waals surface area contributed by atoms with Gasteiger partial charge >= 0.3 is 6.03 Å². The SMILES string of the molecule is CC1CCN(C(=O)NC(C)c2ccc(N)cc2)CC1. The number of nitrogen functional groups attached to an aromatic ring is 1. The molecule has 1 heterocycles. The monoisotopic (exact) mass is 261 g/mol. The number of piperidine rings is 1. The number of likely N-dealkylation sites (tertiary alicyclic amines) is 1. The quantitative estimate of drug-likeness (QED) is 0.804. The number of nitrogens with two attached hydrogens (primary N) is 1. The molecule has 0 saturated carbocycles. The lowest BCUT2D eigenvalue weighted by Crippen LogP contribution is -2.44. The van der Waals surface area contributed by atoms with Crippen molar-refractivity contribution in [2.45, 2.75) is 32.7 Å². The first-order valence-electron chi connectivity index (χ1n) is 6.97. The smallest absolute Gasteiger partial charge is 0.317 e. The lowest BCUT2D eigenvalue weighted by Gasteiger charge is -2.31. The summed E-state index contributed by atoms with van der Waals surface area (Å²) in [4.78, 5) is 14.1. The number of benzene rings is 1. The van der Waals surface area contributed by atoms with Crippen LogP contribution in [0, 0.1) is 5.92 Å². The van der Waals surface area contributed by atoms with E-state index in [2.05, 4.69) is 12.2 Å². The van der Waals surface area contributed by atoms with Crippen LogP contribution in [-0.4, -0.2) is 24.0 Å². The summed E-state index contributed by atoms with van der Waals surface area (Å²) >= 11 is 0. The summed E-state index contributed by atoms with van der Waals surface area (Å²) in [5, 5.41) is 3.05. The van der Waals surface area contributed by atoms with Crippen LogP contribution in [-0.2, 0) is 0 Å². The van der Waals surface area contributed by atoms with Gasteiger partial charge in [0.25, 0.3) is 0 Å². The normalized spacial score (nSPS) is 18.1. The van der Waals surface area contributed by atoms with Crippen molar-refractivity contribution in [1.29, 1.82) is 0 Å². The van der Waals surface area contributed by atoms with Crippen molar-refractivity contribution in [3.63, 3.8) is 0 Å². The molecule has 2 rings (SSSR count). The second kappa shape index (κ2) is 5.95. The number of carbonyl (C=O) groups excluding carboxylic acids is 1. The van der Waals surface area contributed by atoms with Crippen LogP contribution < -0.4 is 11.1 Å². The zero-order valence-electron chi connectivity index (χ0n) is 11.7. The van der Waals surface area contributed by atoms with Crippen LogP contribution in [0.2, 0.25) is 0 Å². The molecule has 4 nitrogen and oxygen atoms in total. The molecule has 0 spiro atoms. The Bertz CT molecular complexity index is 422. The molecule has 1 atom stereocenters. The van der Waals surface area contributed by atoms with Gasteiger partial charge in [0.05, 0.1) is 6.04 Å². The molecule has 1 aliphatic heterocycles. The summed E-state index contributed by atoms with van der Waals surface area (Å²) in [5.41, 5.74) is 7.48. The van der Waals surface area contributed by atoms with Gasteiger partial charge in [0.15, 0.2) is 0 Å². The van der Waals surface area contributed by atoms with Gasteiger partial charge in [-0.2, -0.15) is 0 Å². The Morgan fingerprint density at radius 1 is 1.32 bits per heavy atom. The second-order valence-corrected chi connectivity index (χ2v) is 5.51. The van der Waals surface area contributed by atoms with E-state index in [-0.39, 0.29) is 12.1 Å². The molecule has 2 amide bonds. The molecule has 4 heteroatoms. The second-order valence-electron chi connectivity index (χ2n) is 5.51. The molecule has 0 bridgehead atoms. The zero-order chi connectivity index (χ0) is 13.8. The van der Waals surface area contributed by atoms with Crippen LogP contribution >= 0.6 is 0 Å². The highest BCUT2D eigenvalue weighted by Gasteiger charge is 2.21. The highest BCUT2D eigenvalue weighted by atomic mass is 16.2. The molecule has 19 heavy (non-hydrogen) atoms. The molecule has 0 aromatic heterocycles. The van der Waals surface area contributed by atoms with Crippen molar-refractivity contribution in [3.05, 3.63) is 29.8 Å². The standard InChI is InChI=1S/C15H23N3O/c1-11-7-9-18(10-8-11)15(19)17-12(2)13-3-5-14(16)6-4-13/h3-6,11-12H,7-10,16H2,1-2H3,(H,17,19). The minimum atomic E-state index is 0.00690. The van der Waals surface area contributed by atoms with E-state index in [1.165, 1.54) is 0 Å². The van der Waals surface area contributed by atoms with Crippen LogP contribution in [0.4, 0.5) is 10.5 Å². The van der Waals surface area contributed by atoms with Crippen LogP contribution in [0.25, 0.3) is 0 Å². The molecular formula is C15H23N3O. The number of amides is 2. The lowest BCUT2D eigenvalue weighted by molar-refractivity contribution is 0.171. The molecule has 0 radical (unpaired) electrons. The van der Waals surface area contributed by atoms with Crippen LogP contribution in [0.3, 0.4) is 0 Å². The van der Waals surface area contributed by atoms with Crippen molar-refractivity contribution in [1.82, 2.24) is 10.2 Å². The fraction of sp³-hybridized carbons (Fsp3) is 0.533. The summed E-state index contributed by atoms with van der Waals surface area (Å²) in [6.07, 6.45) is 2.20. The maximum Gasteiger partial charge on any atom is 0.317 e. The van der Waals surface area contributed by atoms with Gasteiger partial charge in [0.2, 0.25) is 0 Å². The van der Waals surface area contributed by atoms with E-state index in [1.54, 1.807) is 0 Å². The molecule has 104 valence electrons. The maximum atomic E-state index is 12.1. The molecule has 1 saturated heterocycles. The third-order valence-electron chi connectivity index (χ3n) is 3.85. The summed E-state index contributed by atoms with van der Waals surface area (Å²) in [6.45, 7) is 5.96. The lowest BCUT2D eigenvalue weighted by atomic mass is 9.99. The summed E-state index contributed by atoms with van der Waals surface area (Å²) in [5.74, 6) is 0.735. The average molecular weight is 261 g/mol. The summed E-state index contributed by atoms with van der Waals surface area (Å²) in [6, 6.07) is 7.68. The Morgan fingerprint density at radius 3 is 2.47 bits per heavy atom. The molecule has 1 aromatic rings. The molecule has 3 N–H and O–H groups in total. The van der Waals surface area contributed by atoms with Gasteiger partial charge in [-0.1, -0.05) is 19.1 Å². The Morgan fingerprint density at radius 2 is 1.89 bits per heavy atom. The fourth-order valence-electron chi connectivity index (χ4n) is 2.36. The largest absolute Gasteiger partial charge is 0.399 e. The third kappa shape index (κ3) is 3.63. The third-order valence-corrected chi connectivity index (χ3v) is 3.85. The van der Waals surface area contributed by atoms with E-state index in [0.29, 0.717) is 0 Å². The summed E-state index contributed by atoms with van der Waals surface area (Å²) in [7, 11) is 0. The van der Waals surface area contributed by atoms with E-state index < -0.39 is 0 Å². The van der Waals surface area contributed by atoms with E-state index in [1.807, 2.05) is 36.1 Å². The van der Waals surface area contributed by atoms with Crippen molar-refractivity contribution in [2.24, 2.45) is 5.92 Å². The Kier molecular flexibility index (Phi) is 4.30. The van der Waals surface area contributed by atoms with Gasteiger partial charge in [0.1, 0.15) is 0 Å².